The molecular formula is C22H46Cl2Ti-2. The molecule has 0 aliphatic heterocycles. The van der Waals surface area contributed by atoms with Crippen LogP contribution in [0, 0.1) is 74.0 Å². The Morgan fingerprint density at radius 1 is 0.360 bits per heavy atom. The molecule has 2 fully saturated rings. The Morgan fingerprint density at radius 3 is 0.440 bits per heavy atom. The standard InChI is InChI=1S/2C10H20.2CH3.2ClH.Ti/c2*1-6-7(2)9(4)10(5)8(6)3;;;;;/h2*6-10H,1-5H3;2*1H3;2*1H;/q;;2*-1;;;+2/p-2. The van der Waals surface area contributed by atoms with Gasteiger partial charge in [0.25, 0.3) is 0 Å². The fraction of sp³-hybridized carbons (Fsp3) is 0.909. The van der Waals surface area contributed by atoms with Crippen LogP contribution in [0.2, 0.25) is 0 Å². The fourth-order valence-corrected chi connectivity index (χ4v) is 4.79. The molecule has 2 saturated carbocycles. The molecule has 0 spiro atoms. The van der Waals surface area contributed by atoms with Crippen molar-refractivity contribution >= 4 is 18.6 Å². The van der Waals surface area contributed by atoms with Gasteiger partial charge < -0.3 is 14.9 Å². The first-order chi connectivity index (χ1) is 10.5. The zero-order valence-corrected chi connectivity index (χ0v) is 22.1. The van der Waals surface area contributed by atoms with Crippen molar-refractivity contribution in [3.63, 3.8) is 0 Å². The molecule has 0 N–H and O–H groups in total. The van der Waals surface area contributed by atoms with E-state index in [0.29, 0.717) is 0 Å². The second-order valence-corrected chi connectivity index (χ2v) is 11.2. The first-order valence-electron chi connectivity index (χ1n) is 9.48. The van der Waals surface area contributed by atoms with Crippen molar-refractivity contribution in [1.82, 2.24) is 0 Å². The Labute approximate surface area is 178 Å². The van der Waals surface area contributed by atoms with Gasteiger partial charge in [0.15, 0.2) is 0 Å². The molecule has 154 valence electrons. The quantitative estimate of drug-likeness (QED) is 0.267. The Morgan fingerprint density at radius 2 is 0.400 bits per heavy atom. The third kappa shape index (κ3) is 8.05. The van der Waals surface area contributed by atoms with Crippen LogP contribution in [0.5, 0.6) is 0 Å². The van der Waals surface area contributed by atoms with Gasteiger partial charge in [-0.1, -0.05) is 69.2 Å². The monoisotopic (exact) mass is 428 g/mol. The fourth-order valence-electron chi connectivity index (χ4n) is 4.79. The van der Waals surface area contributed by atoms with Gasteiger partial charge in [-0.2, -0.15) is 0 Å². The Kier molecular flexibility index (Phi) is 17.8. The molecule has 0 atom stereocenters. The van der Waals surface area contributed by atoms with Crippen LogP contribution in [-0.2, 0) is 17.0 Å². The van der Waals surface area contributed by atoms with Gasteiger partial charge in [0.05, 0.1) is 0 Å². The summed E-state index contributed by atoms with van der Waals surface area (Å²) in [5.41, 5.74) is 0. The van der Waals surface area contributed by atoms with E-state index in [4.69, 9.17) is 18.6 Å². The predicted molar refractivity (Wildman–Crippen MR) is 116 cm³/mol. The number of hydrogen-bond donors (Lipinski definition) is 0. The summed E-state index contributed by atoms with van der Waals surface area (Å²) < 4.78 is 0. The maximum atomic E-state index is 4.89. The van der Waals surface area contributed by atoms with Gasteiger partial charge in [-0.25, -0.2) is 0 Å². The van der Waals surface area contributed by atoms with Gasteiger partial charge in [0.1, 0.15) is 0 Å². The molecule has 0 aromatic rings. The van der Waals surface area contributed by atoms with Crippen molar-refractivity contribution in [3.05, 3.63) is 14.9 Å². The van der Waals surface area contributed by atoms with E-state index in [-0.39, 0.29) is 14.9 Å². The van der Waals surface area contributed by atoms with Gasteiger partial charge >= 0.3 is 35.6 Å². The summed E-state index contributed by atoms with van der Waals surface area (Å²) in [5, 5.41) is 0. The van der Waals surface area contributed by atoms with E-state index in [9.17, 15) is 0 Å². The molecule has 0 amide bonds. The maximum absolute atomic E-state index is 4.89. The topological polar surface area (TPSA) is 0 Å². The van der Waals surface area contributed by atoms with Gasteiger partial charge in [-0.3, -0.25) is 0 Å². The van der Waals surface area contributed by atoms with E-state index in [2.05, 4.69) is 69.2 Å². The van der Waals surface area contributed by atoms with Gasteiger partial charge in [-0.05, 0) is 59.2 Å². The summed E-state index contributed by atoms with van der Waals surface area (Å²) >= 11 is -0.556. The molecule has 25 heavy (non-hydrogen) atoms. The number of hydrogen-bond acceptors (Lipinski definition) is 0. The molecule has 0 bridgehead atoms. The first kappa shape index (κ1) is 31.0. The molecule has 2 rings (SSSR count). The van der Waals surface area contributed by atoms with Gasteiger partial charge in [0.2, 0.25) is 0 Å². The molecular weight excluding hydrogens is 383 g/mol. The van der Waals surface area contributed by atoms with Gasteiger partial charge in [-0.15, -0.1) is 0 Å². The summed E-state index contributed by atoms with van der Waals surface area (Å²) in [6, 6.07) is 0. The van der Waals surface area contributed by atoms with Crippen molar-refractivity contribution in [3.8, 4) is 0 Å². The molecule has 2 aliphatic carbocycles. The third-order valence-electron chi connectivity index (χ3n) is 8.29. The number of halogens is 2. The Hall–Kier alpha value is 1.29. The molecule has 3 heteroatoms. The minimum atomic E-state index is -0.556. The summed E-state index contributed by atoms with van der Waals surface area (Å²) in [5.74, 6) is 9.35. The summed E-state index contributed by atoms with van der Waals surface area (Å²) in [6.45, 7) is 24.0. The molecule has 2 aliphatic rings. The van der Waals surface area contributed by atoms with Crippen molar-refractivity contribution < 1.29 is 17.0 Å². The average Bonchev–Trinajstić information content (AvgIpc) is 2.80. The SMILES string of the molecule is CC1C(C)C(C)C(C)C1C.CC1C(C)C(C)C(C)C1C.[CH3-].[CH3-].[Cl][Ti][Cl]. The van der Waals surface area contributed by atoms with Crippen molar-refractivity contribution in [2.75, 3.05) is 0 Å². The van der Waals surface area contributed by atoms with E-state index >= 15 is 0 Å². The van der Waals surface area contributed by atoms with Crippen LogP contribution in [-0.4, -0.2) is 0 Å². The zero-order chi connectivity index (χ0) is 18.5. The van der Waals surface area contributed by atoms with E-state index in [1.165, 1.54) is 0 Å². The number of rotatable bonds is 0. The second-order valence-electron chi connectivity index (χ2n) is 8.66. The molecule has 0 saturated heterocycles. The van der Waals surface area contributed by atoms with E-state index < -0.39 is 17.0 Å². The van der Waals surface area contributed by atoms with Crippen molar-refractivity contribution in [2.24, 2.45) is 59.2 Å². The molecule has 0 aromatic heterocycles. The van der Waals surface area contributed by atoms with Crippen molar-refractivity contribution in [1.29, 1.82) is 0 Å². The van der Waals surface area contributed by atoms with E-state index in [1.807, 2.05) is 0 Å². The van der Waals surface area contributed by atoms with Crippen molar-refractivity contribution in [2.45, 2.75) is 69.2 Å². The van der Waals surface area contributed by atoms with Crippen LogP contribution < -0.4 is 0 Å². The molecule has 0 unspecified atom stereocenters. The van der Waals surface area contributed by atoms with Crippen LogP contribution in [0.3, 0.4) is 0 Å². The summed E-state index contributed by atoms with van der Waals surface area (Å²) in [6.07, 6.45) is 0. The molecule has 0 nitrogen and oxygen atoms in total. The molecule has 0 aromatic carbocycles. The van der Waals surface area contributed by atoms with E-state index in [0.717, 1.165) is 59.2 Å². The Bertz CT molecular complexity index is 203. The van der Waals surface area contributed by atoms with Crippen LogP contribution >= 0.6 is 18.6 Å². The van der Waals surface area contributed by atoms with E-state index in [1.54, 1.807) is 0 Å². The molecule has 0 heterocycles. The van der Waals surface area contributed by atoms with Gasteiger partial charge in [0, 0.05) is 0 Å². The first-order valence-corrected chi connectivity index (χ1v) is 13.8. The second kappa shape index (κ2) is 14.3. The van der Waals surface area contributed by atoms with Crippen LogP contribution in [0.4, 0.5) is 0 Å². The summed E-state index contributed by atoms with van der Waals surface area (Å²) in [4.78, 5) is 0. The third-order valence-corrected chi connectivity index (χ3v) is 8.29. The van der Waals surface area contributed by atoms with Crippen LogP contribution in [0.1, 0.15) is 69.2 Å². The minimum absolute atomic E-state index is 0. The normalized spacial score (nSPS) is 45.0. The average molecular weight is 429 g/mol. The Balaban J connectivity index is -0.000000313. The summed E-state index contributed by atoms with van der Waals surface area (Å²) in [7, 11) is 9.78. The van der Waals surface area contributed by atoms with Crippen LogP contribution in [0.25, 0.3) is 0 Å². The molecule has 0 radical (unpaired) electrons. The van der Waals surface area contributed by atoms with Crippen LogP contribution in [0.15, 0.2) is 0 Å². The predicted octanol–water partition coefficient (Wildman–Crippen LogP) is 8.64. The zero-order valence-electron chi connectivity index (χ0n) is 19.0.